The number of halogens is 2. The molecule has 0 aliphatic rings. The van der Waals surface area contributed by atoms with E-state index in [4.69, 9.17) is 0 Å². The molecule has 1 unspecified atom stereocenters. The molecule has 0 spiro atoms. The van der Waals surface area contributed by atoms with Crippen LogP contribution in [-0.4, -0.2) is 11.1 Å². The maximum absolute atomic E-state index is 12.8. The molecular weight excluding hydrogens is 321 g/mol. The highest BCUT2D eigenvalue weighted by molar-refractivity contribution is 9.10. The van der Waals surface area contributed by atoms with Gasteiger partial charge in [-0.1, -0.05) is 18.2 Å². The van der Waals surface area contributed by atoms with Gasteiger partial charge in [-0.2, -0.15) is 0 Å². The molecule has 1 atom stereocenters. The third kappa shape index (κ3) is 4.32. The van der Waals surface area contributed by atoms with E-state index in [1.165, 1.54) is 12.1 Å². The zero-order chi connectivity index (χ0) is 14.5. The van der Waals surface area contributed by atoms with Crippen LogP contribution in [0, 0.1) is 5.82 Å². The zero-order valence-electron chi connectivity index (χ0n) is 11.2. The van der Waals surface area contributed by atoms with Crippen molar-refractivity contribution in [2.75, 3.05) is 0 Å². The van der Waals surface area contributed by atoms with Crippen molar-refractivity contribution >= 4 is 15.9 Å². The summed E-state index contributed by atoms with van der Waals surface area (Å²) in [5.74, 6) is 0.0383. The molecule has 2 aromatic carbocycles. The Morgan fingerprint density at radius 3 is 2.45 bits per heavy atom. The molecule has 0 saturated heterocycles. The van der Waals surface area contributed by atoms with E-state index in [1.54, 1.807) is 6.07 Å². The Morgan fingerprint density at radius 1 is 1.15 bits per heavy atom. The van der Waals surface area contributed by atoms with Gasteiger partial charge in [-0.05, 0) is 64.7 Å². The Hall–Kier alpha value is -1.39. The lowest BCUT2D eigenvalue weighted by Gasteiger charge is -2.14. The van der Waals surface area contributed by atoms with Gasteiger partial charge in [-0.15, -0.1) is 0 Å². The van der Waals surface area contributed by atoms with Crippen molar-refractivity contribution in [1.82, 2.24) is 5.32 Å². The third-order valence-electron chi connectivity index (χ3n) is 3.12. The van der Waals surface area contributed by atoms with E-state index in [1.807, 2.05) is 24.3 Å². The summed E-state index contributed by atoms with van der Waals surface area (Å²) in [6.45, 7) is 2.82. The highest BCUT2D eigenvalue weighted by atomic mass is 79.9. The van der Waals surface area contributed by atoms with Crippen molar-refractivity contribution in [3.8, 4) is 5.75 Å². The minimum absolute atomic E-state index is 0.205. The van der Waals surface area contributed by atoms with Gasteiger partial charge in [-0.3, -0.25) is 0 Å². The molecule has 0 amide bonds. The van der Waals surface area contributed by atoms with Crippen LogP contribution in [0.2, 0.25) is 0 Å². The van der Waals surface area contributed by atoms with Crippen LogP contribution in [-0.2, 0) is 13.0 Å². The average Bonchev–Trinajstić information content (AvgIpc) is 2.43. The summed E-state index contributed by atoms with van der Waals surface area (Å²) >= 11 is 3.30. The van der Waals surface area contributed by atoms with Crippen LogP contribution in [0.15, 0.2) is 46.9 Å². The second kappa shape index (κ2) is 6.86. The quantitative estimate of drug-likeness (QED) is 0.863. The molecule has 2 N–H and O–H groups in total. The van der Waals surface area contributed by atoms with Crippen molar-refractivity contribution in [1.29, 1.82) is 0 Å². The lowest BCUT2D eigenvalue weighted by atomic mass is 10.1. The second-order valence-electron chi connectivity index (χ2n) is 4.90. The van der Waals surface area contributed by atoms with Crippen LogP contribution < -0.4 is 5.32 Å². The Morgan fingerprint density at radius 2 is 1.80 bits per heavy atom. The van der Waals surface area contributed by atoms with Crippen molar-refractivity contribution < 1.29 is 9.50 Å². The Kier molecular flexibility index (Phi) is 5.15. The monoisotopic (exact) mass is 337 g/mol. The Labute approximate surface area is 126 Å². The molecule has 0 fully saturated rings. The molecule has 0 aliphatic heterocycles. The van der Waals surface area contributed by atoms with Gasteiger partial charge in [0.2, 0.25) is 0 Å². The molecule has 2 rings (SSSR count). The minimum atomic E-state index is -0.205. The predicted molar refractivity (Wildman–Crippen MR) is 82.2 cm³/mol. The van der Waals surface area contributed by atoms with E-state index in [-0.39, 0.29) is 17.6 Å². The molecule has 20 heavy (non-hydrogen) atoms. The summed E-state index contributed by atoms with van der Waals surface area (Å²) in [7, 11) is 0. The number of phenols is 1. The smallest absolute Gasteiger partial charge is 0.129 e. The minimum Gasteiger partial charge on any atom is -0.507 e. The van der Waals surface area contributed by atoms with Crippen LogP contribution in [0.1, 0.15) is 18.1 Å². The Balaban J connectivity index is 1.86. The predicted octanol–water partition coefficient (Wildman–Crippen LogP) is 4.01. The first-order chi connectivity index (χ1) is 9.54. The molecule has 106 valence electrons. The molecule has 0 aliphatic carbocycles. The number of phenolic OH excluding ortho intramolecular Hbond substituents is 1. The lowest BCUT2D eigenvalue weighted by molar-refractivity contribution is 0.471. The van der Waals surface area contributed by atoms with Gasteiger partial charge in [0.1, 0.15) is 11.6 Å². The molecule has 0 saturated carbocycles. The molecule has 2 aromatic rings. The summed E-state index contributed by atoms with van der Waals surface area (Å²) in [6, 6.07) is 12.3. The van der Waals surface area contributed by atoms with Gasteiger partial charge >= 0.3 is 0 Å². The van der Waals surface area contributed by atoms with Crippen molar-refractivity contribution in [3.05, 3.63) is 63.9 Å². The van der Waals surface area contributed by atoms with E-state index < -0.39 is 0 Å². The molecule has 0 radical (unpaired) electrons. The van der Waals surface area contributed by atoms with Gasteiger partial charge in [0.05, 0.1) is 4.47 Å². The maximum atomic E-state index is 12.8. The molecule has 0 heterocycles. The summed E-state index contributed by atoms with van der Waals surface area (Å²) in [6.07, 6.45) is 0.847. The number of hydrogen-bond acceptors (Lipinski definition) is 2. The number of benzene rings is 2. The van der Waals surface area contributed by atoms with Crippen molar-refractivity contribution in [2.24, 2.45) is 0 Å². The van der Waals surface area contributed by atoms with Gasteiger partial charge in [0.15, 0.2) is 0 Å². The summed E-state index contributed by atoms with van der Waals surface area (Å²) in [4.78, 5) is 0. The van der Waals surface area contributed by atoms with E-state index >= 15 is 0 Å². The number of nitrogens with one attached hydrogen (secondary N) is 1. The normalized spacial score (nSPS) is 12.3. The SMILES string of the molecule is CC(Cc1ccc(F)cc1)NCc1ccc(O)c(Br)c1. The number of rotatable bonds is 5. The number of hydrogen-bond donors (Lipinski definition) is 2. The van der Waals surface area contributed by atoms with Gasteiger partial charge in [-0.25, -0.2) is 4.39 Å². The van der Waals surface area contributed by atoms with Gasteiger partial charge in [0.25, 0.3) is 0 Å². The van der Waals surface area contributed by atoms with Crippen LogP contribution in [0.4, 0.5) is 4.39 Å². The maximum Gasteiger partial charge on any atom is 0.129 e. The van der Waals surface area contributed by atoms with Crippen LogP contribution in [0.25, 0.3) is 0 Å². The largest absolute Gasteiger partial charge is 0.507 e. The molecule has 0 bridgehead atoms. The summed E-state index contributed by atoms with van der Waals surface area (Å²) in [5.41, 5.74) is 2.21. The molecule has 4 heteroatoms. The summed E-state index contributed by atoms with van der Waals surface area (Å²) < 4.78 is 13.5. The first-order valence-corrected chi connectivity index (χ1v) is 7.29. The zero-order valence-corrected chi connectivity index (χ0v) is 12.8. The van der Waals surface area contributed by atoms with E-state index in [0.29, 0.717) is 4.47 Å². The van der Waals surface area contributed by atoms with Gasteiger partial charge in [0, 0.05) is 12.6 Å². The number of aromatic hydroxyl groups is 1. The van der Waals surface area contributed by atoms with Crippen molar-refractivity contribution in [2.45, 2.75) is 25.9 Å². The topological polar surface area (TPSA) is 32.3 Å². The van der Waals surface area contributed by atoms with Gasteiger partial charge < -0.3 is 10.4 Å². The molecular formula is C16H17BrFNO. The van der Waals surface area contributed by atoms with Crippen LogP contribution >= 0.6 is 15.9 Å². The van der Waals surface area contributed by atoms with Crippen LogP contribution in [0.3, 0.4) is 0 Å². The van der Waals surface area contributed by atoms with Crippen LogP contribution in [0.5, 0.6) is 5.75 Å². The fraction of sp³-hybridized carbons (Fsp3) is 0.250. The first-order valence-electron chi connectivity index (χ1n) is 6.50. The lowest BCUT2D eigenvalue weighted by Crippen LogP contribution is -2.27. The summed E-state index contributed by atoms with van der Waals surface area (Å²) in [5, 5.41) is 12.9. The van der Waals surface area contributed by atoms with Crippen molar-refractivity contribution in [3.63, 3.8) is 0 Å². The second-order valence-corrected chi connectivity index (χ2v) is 5.75. The Bertz CT molecular complexity index is 571. The molecule has 0 aromatic heterocycles. The highest BCUT2D eigenvalue weighted by Gasteiger charge is 2.05. The van der Waals surface area contributed by atoms with E-state index in [0.717, 1.165) is 24.1 Å². The fourth-order valence-electron chi connectivity index (χ4n) is 2.00. The van der Waals surface area contributed by atoms with E-state index in [9.17, 15) is 9.50 Å². The average molecular weight is 338 g/mol. The standard InChI is InChI=1S/C16H17BrFNO/c1-11(8-12-2-5-14(18)6-3-12)19-10-13-4-7-16(20)15(17)9-13/h2-7,9,11,19-20H,8,10H2,1H3. The first kappa shape index (κ1) is 15.0. The highest BCUT2D eigenvalue weighted by Crippen LogP contribution is 2.24. The third-order valence-corrected chi connectivity index (χ3v) is 3.76. The molecule has 2 nitrogen and oxygen atoms in total. The fourth-order valence-corrected chi connectivity index (χ4v) is 2.42. The van der Waals surface area contributed by atoms with E-state index in [2.05, 4.69) is 28.2 Å².